The van der Waals surface area contributed by atoms with Crippen molar-refractivity contribution in [1.82, 2.24) is 0 Å². The second-order valence-electron chi connectivity index (χ2n) is 7.12. The lowest BCUT2D eigenvalue weighted by atomic mass is 9.67. The zero-order valence-electron chi connectivity index (χ0n) is 14.4. The molecular formula is C21H31N. The normalized spacial score (nSPS) is 24.9. The van der Waals surface area contributed by atoms with Crippen LogP contribution < -0.4 is 0 Å². The van der Waals surface area contributed by atoms with Gasteiger partial charge in [-0.05, 0) is 55.6 Å². The van der Waals surface area contributed by atoms with Crippen molar-refractivity contribution < 1.29 is 0 Å². The number of hydrogen-bond acceptors (Lipinski definition) is 1. The summed E-state index contributed by atoms with van der Waals surface area (Å²) in [5.74, 6) is 0.670. The van der Waals surface area contributed by atoms with Gasteiger partial charge in [0.2, 0.25) is 0 Å². The molecular weight excluding hydrogens is 266 g/mol. The average Bonchev–Trinajstić information content (AvgIpc) is 2.57. The Bertz CT molecular complexity index is 472. The van der Waals surface area contributed by atoms with E-state index in [9.17, 15) is 5.26 Å². The Morgan fingerprint density at radius 3 is 2.27 bits per heavy atom. The quantitative estimate of drug-likeness (QED) is 0.535. The van der Waals surface area contributed by atoms with Gasteiger partial charge in [-0.2, -0.15) is 5.26 Å². The third kappa shape index (κ3) is 4.35. The summed E-state index contributed by atoms with van der Waals surface area (Å²) in [6.45, 7) is 4.47. The Labute approximate surface area is 136 Å². The Morgan fingerprint density at radius 1 is 1.05 bits per heavy atom. The van der Waals surface area contributed by atoms with Crippen LogP contribution in [0.5, 0.6) is 0 Å². The Kier molecular flexibility index (Phi) is 6.49. The largest absolute Gasteiger partial charge is 0.198 e. The first-order valence-corrected chi connectivity index (χ1v) is 9.23. The van der Waals surface area contributed by atoms with E-state index in [1.54, 1.807) is 0 Å². The van der Waals surface area contributed by atoms with Gasteiger partial charge >= 0.3 is 0 Å². The van der Waals surface area contributed by atoms with Crippen molar-refractivity contribution in [2.45, 2.75) is 84.0 Å². The standard InChI is InChI=1S/C21H31N/c1-3-5-6-14-21(17-22)15-12-20(13-16-21)19-10-8-18(7-4-2)9-11-19/h8-11,20H,3-7,12-16H2,1-2H3. The average molecular weight is 297 g/mol. The van der Waals surface area contributed by atoms with E-state index in [1.807, 2.05) is 0 Å². The van der Waals surface area contributed by atoms with E-state index in [1.165, 1.54) is 56.1 Å². The minimum absolute atomic E-state index is 0.0200. The minimum atomic E-state index is -0.0200. The molecule has 120 valence electrons. The first-order valence-electron chi connectivity index (χ1n) is 9.23. The first kappa shape index (κ1) is 17.1. The molecule has 1 aliphatic carbocycles. The highest BCUT2D eigenvalue weighted by molar-refractivity contribution is 5.26. The fourth-order valence-corrected chi connectivity index (χ4v) is 3.88. The number of hydrogen-bond donors (Lipinski definition) is 0. The smallest absolute Gasteiger partial charge is 0.0689 e. The third-order valence-corrected chi connectivity index (χ3v) is 5.43. The lowest BCUT2D eigenvalue weighted by Crippen LogP contribution is -2.25. The van der Waals surface area contributed by atoms with Crippen molar-refractivity contribution >= 4 is 0 Å². The zero-order valence-corrected chi connectivity index (χ0v) is 14.4. The second-order valence-corrected chi connectivity index (χ2v) is 7.12. The lowest BCUT2D eigenvalue weighted by Gasteiger charge is -2.35. The molecule has 1 nitrogen and oxygen atoms in total. The van der Waals surface area contributed by atoms with Gasteiger partial charge in [0, 0.05) is 0 Å². The van der Waals surface area contributed by atoms with E-state index in [-0.39, 0.29) is 5.41 Å². The molecule has 2 rings (SSSR count). The molecule has 1 aromatic rings. The lowest BCUT2D eigenvalue weighted by molar-refractivity contribution is 0.223. The van der Waals surface area contributed by atoms with E-state index < -0.39 is 0 Å². The number of benzene rings is 1. The SMILES string of the molecule is CCCCCC1(C#N)CCC(c2ccc(CCC)cc2)CC1. The van der Waals surface area contributed by atoms with Gasteiger partial charge in [-0.1, -0.05) is 63.8 Å². The van der Waals surface area contributed by atoms with Gasteiger partial charge in [0.25, 0.3) is 0 Å². The Morgan fingerprint density at radius 2 is 1.73 bits per heavy atom. The van der Waals surface area contributed by atoms with Crippen LogP contribution in [-0.4, -0.2) is 0 Å². The van der Waals surface area contributed by atoms with Gasteiger partial charge in [0.1, 0.15) is 0 Å². The number of nitrogens with zero attached hydrogens (tertiary/aromatic N) is 1. The summed E-state index contributed by atoms with van der Waals surface area (Å²) in [6, 6.07) is 11.9. The summed E-state index contributed by atoms with van der Waals surface area (Å²) in [5, 5.41) is 9.64. The predicted octanol–water partition coefficient (Wildman–Crippen LogP) is 6.39. The van der Waals surface area contributed by atoms with Crippen molar-refractivity contribution in [1.29, 1.82) is 5.26 Å². The molecule has 0 heterocycles. The molecule has 0 N–H and O–H groups in total. The highest BCUT2D eigenvalue weighted by Gasteiger charge is 2.35. The van der Waals surface area contributed by atoms with E-state index >= 15 is 0 Å². The van der Waals surface area contributed by atoms with Crippen molar-refractivity contribution in [3.63, 3.8) is 0 Å². The molecule has 0 aromatic heterocycles. The third-order valence-electron chi connectivity index (χ3n) is 5.43. The van der Waals surface area contributed by atoms with Crippen LogP contribution >= 0.6 is 0 Å². The summed E-state index contributed by atoms with van der Waals surface area (Å²) in [5.41, 5.74) is 2.92. The molecule has 0 atom stereocenters. The molecule has 0 radical (unpaired) electrons. The first-order chi connectivity index (χ1) is 10.7. The van der Waals surface area contributed by atoms with E-state index in [2.05, 4.69) is 44.2 Å². The summed E-state index contributed by atoms with van der Waals surface area (Å²) in [7, 11) is 0. The molecule has 0 aliphatic heterocycles. The van der Waals surface area contributed by atoms with Gasteiger partial charge in [0.05, 0.1) is 11.5 Å². The maximum atomic E-state index is 9.64. The van der Waals surface area contributed by atoms with E-state index in [0.717, 1.165) is 19.3 Å². The van der Waals surface area contributed by atoms with Crippen molar-refractivity contribution in [3.8, 4) is 6.07 Å². The summed E-state index contributed by atoms with van der Waals surface area (Å²) < 4.78 is 0. The molecule has 0 amide bonds. The molecule has 0 spiro atoms. The van der Waals surface area contributed by atoms with Crippen LogP contribution in [0.15, 0.2) is 24.3 Å². The molecule has 0 unspecified atom stereocenters. The van der Waals surface area contributed by atoms with Crippen molar-refractivity contribution in [2.24, 2.45) is 5.41 Å². The van der Waals surface area contributed by atoms with Gasteiger partial charge in [0.15, 0.2) is 0 Å². The Hall–Kier alpha value is -1.29. The monoisotopic (exact) mass is 297 g/mol. The Balaban J connectivity index is 1.91. The van der Waals surface area contributed by atoms with Crippen LogP contribution in [0.25, 0.3) is 0 Å². The maximum absolute atomic E-state index is 9.64. The fourth-order valence-electron chi connectivity index (χ4n) is 3.88. The topological polar surface area (TPSA) is 23.8 Å². The zero-order chi connectivity index (χ0) is 15.8. The molecule has 1 heteroatoms. The maximum Gasteiger partial charge on any atom is 0.0689 e. The van der Waals surface area contributed by atoms with Crippen LogP contribution in [0, 0.1) is 16.7 Å². The van der Waals surface area contributed by atoms with Crippen molar-refractivity contribution in [3.05, 3.63) is 35.4 Å². The van der Waals surface area contributed by atoms with Crippen LogP contribution in [0.3, 0.4) is 0 Å². The summed E-state index contributed by atoms with van der Waals surface area (Å²) in [6.07, 6.45) is 11.8. The van der Waals surface area contributed by atoms with Gasteiger partial charge in [-0.15, -0.1) is 0 Å². The molecule has 1 aliphatic rings. The molecule has 1 fully saturated rings. The number of unbranched alkanes of at least 4 members (excludes halogenated alkanes) is 2. The molecule has 1 saturated carbocycles. The molecule has 22 heavy (non-hydrogen) atoms. The van der Waals surface area contributed by atoms with Crippen LogP contribution in [0.1, 0.15) is 88.7 Å². The highest BCUT2D eigenvalue weighted by Crippen LogP contribution is 2.45. The van der Waals surface area contributed by atoms with Gasteiger partial charge in [-0.3, -0.25) is 0 Å². The number of rotatable bonds is 7. The van der Waals surface area contributed by atoms with E-state index in [0.29, 0.717) is 5.92 Å². The van der Waals surface area contributed by atoms with E-state index in [4.69, 9.17) is 0 Å². The van der Waals surface area contributed by atoms with Crippen LogP contribution in [-0.2, 0) is 6.42 Å². The van der Waals surface area contributed by atoms with Crippen LogP contribution in [0.2, 0.25) is 0 Å². The summed E-state index contributed by atoms with van der Waals surface area (Å²) >= 11 is 0. The molecule has 0 bridgehead atoms. The minimum Gasteiger partial charge on any atom is -0.198 e. The second kappa shape index (κ2) is 8.37. The van der Waals surface area contributed by atoms with Crippen LogP contribution in [0.4, 0.5) is 0 Å². The number of nitriles is 1. The van der Waals surface area contributed by atoms with Crippen molar-refractivity contribution in [2.75, 3.05) is 0 Å². The predicted molar refractivity (Wildman–Crippen MR) is 93.8 cm³/mol. The fraction of sp³-hybridized carbons (Fsp3) is 0.667. The highest BCUT2D eigenvalue weighted by atomic mass is 14.4. The summed E-state index contributed by atoms with van der Waals surface area (Å²) in [4.78, 5) is 0. The molecule has 0 saturated heterocycles. The molecule has 1 aromatic carbocycles. The number of aryl methyl sites for hydroxylation is 1. The van der Waals surface area contributed by atoms with Gasteiger partial charge in [-0.25, -0.2) is 0 Å². The van der Waals surface area contributed by atoms with Gasteiger partial charge < -0.3 is 0 Å².